The first-order chi connectivity index (χ1) is 8.55. The maximum atomic E-state index is 6.38. The van der Waals surface area contributed by atoms with Crippen LogP contribution in [-0.4, -0.2) is 18.9 Å². The third-order valence-electron chi connectivity index (χ3n) is 3.55. The molecule has 18 heavy (non-hydrogen) atoms. The lowest BCUT2D eigenvalue weighted by atomic mass is 9.90. The second kappa shape index (κ2) is 4.32. The van der Waals surface area contributed by atoms with Gasteiger partial charge in [-0.05, 0) is 43.5 Å². The molecule has 2 heterocycles. The molecule has 0 aliphatic carbocycles. The van der Waals surface area contributed by atoms with E-state index in [9.17, 15) is 0 Å². The van der Waals surface area contributed by atoms with Gasteiger partial charge in [0.2, 0.25) is 5.79 Å². The molecule has 0 saturated carbocycles. The summed E-state index contributed by atoms with van der Waals surface area (Å²) in [6.45, 7) is 5.93. The van der Waals surface area contributed by atoms with E-state index in [1.54, 1.807) is 0 Å². The van der Waals surface area contributed by atoms with Crippen LogP contribution in [0.25, 0.3) is 0 Å². The second-order valence-electron chi connectivity index (χ2n) is 5.45. The third kappa shape index (κ3) is 2.17. The Morgan fingerprint density at radius 2 is 1.78 bits per heavy atom. The summed E-state index contributed by atoms with van der Waals surface area (Å²) in [7, 11) is 0. The molecule has 0 unspecified atom stereocenters. The Morgan fingerprint density at radius 1 is 1.17 bits per heavy atom. The SMILES string of the molecule is CC1(C)Oc2cc(Cl)c(C3CCNCC3)cc2O1. The minimum Gasteiger partial charge on any atom is -0.449 e. The zero-order valence-corrected chi connectivity index (χ0v) is 11.5. The van der Waals surface area contributed by atoms with Gasteiger partial charge < -0.3 is 14.8 Å². The van der Waals surface area contributed by atoms with Crippen LogP contribution in [0.1, 0.15) is 38.2 Å². The van der Waals surface area contributed by atoms with Gasteiger partial charge in [-0.15, -0.1) is 0 Å². The zero-order valence-electron chi connectivity index (χ0n) is 10.8. The Bertz CT molecular complexity index is 467. The van der Waals surface area contributed by atoms with Gasteiger partial charge in [0.1, 0.15) is 0 Å². The highest BCUT2D eigenvalue weighted by Gasteiger charge is 2.33. The van der Waals surface area contributed by atoms with Crippen LogP contribution in [0.3, 0.4) is 0 Å². The second-order valence-corrected chi connectivity index (χ2v) is 5.86. The Hall–Kier alpha value is -0.930. The Labute approximate surface area is 112 Å². The monoisotopic (exact) mass is 267 g/mol. The van der Waals surface area contributed by atoms with Gasteiger partial charge in [-0.2, -0.15) is 0 Å². The standard InChI is InChI=1S/C14H18ClNO2/c1-14(2)17-12-7-10(9-3-5-16-6-4-9)11(15)8-13(12)18-14/h7-9,16H,3-6H2,1-2H3. The van der Waals surface area contributed by atoms with Gasteiger partial charge in [-0.3, -0.25) is 0 Å². The number of piperidine rings is 1. The maximum absolute atomic E-state index is 6.38. The molecule has 98 valence electrons. The van der Waals surface area contributed by atoms with Gasteiger partial charge >= 0.3 is 0 Å². The molecule has 0 amide bonds. The summed E-state index contributed by atoms with van der Waals surface area (Å²) in [5.41, 5.74) is 1.19. The first kappa shape index (κ1) is 12.1. The van der Waals surface area contributed by atoms with Crippen molar-refractivity contribution >= 4 is 11.6 Å². The summed E-state index contributed by atoms with van der Waals surface area (Å²) in [5, 5.41) is 4.16. The van der Waals surface area contributed by atoms with E-state index in [4.69, 9.17) is 21.1 Å². The van der Waals surface area contributed by atoms with E-state index in [1.807, 2.05) is 19.9 Å². The van der Waals surface area contributed by atoms with Crippen LogP contribution < -0.4 is 14.8 Å². The Kier molecular flexibility index (Phi) is 2.91. The molecular formula is C14H18ClNO2. The van der Waals surface area contributed by atoms with Crippen molar-refractivity contribution in [2.24, 2.45) is 0 Å². The fourth-order valence-electron chi connectivity index (χ4n) is 2.71. The van der Waals surface area contributed by atoms with E-state index in [0.717, 1.165) is 42.5 Å². The lowest BCUT2D eigenvalue weighted by molar-refractivity contribution is -0.0431. The van der Waals surface area contributed by atoms with Crippen molar-refractivity contribution in [3.63, 3.8) is 0 Å². The lowest BCUT2D eigenvalue weighted by Gasteiger charge is -2.24. The van der Waals surface area contributed by atoms with Crippen LogP contribution in [-0.2, 0) is 0 Å². The van der Waals surface area contributed by atoms with Gasteiger partial charge in [0.05, 0.1) is 0 Å². The maximum Gasteiger partial charge on any atom is 0.246 e. The number of fused-ring (bicyclic) bond motifs is 1. The smallest absolute Gasteiger partial charge is 0.246 e. The number of ether oxygens (including phenoxy) is 2. The van der Waals surface area contributed by atoms with Crippen LogP contribution in [0, 0.1) is 0 Å². The summed E-state index contributed by atoms with van der Waals surface area (Å²) >= 11 is 6.38. The minimum absolute atomic E-state index is 0.524. The number of halogens is 1. The molecular weight excluding hydrogens is 250 g/mol. The van der Waals surface area contributed by atoms with Crippen molar-refractivity contribution in [3.05, 3.63) is 22.7 Å². The summed E-state index contributed by atoms with van der Waals surface area (Å²) in [6, 6.07) is 3.95. The van der Waals surface area contributed by atoms with Crippen LogP contribution in [0.15, 0.2) is 12.1 Å². The predicted molar refractivity (Wildman–Crippen MR) is 71.6 cm³/mol. The average Bonchev–Trinajstić information content (AvgIpc) is 2.62. The lowest BCUT2D eigenvalue weighted by Crippen LogP contribution is -2.29. The van der Waals surface area contributed by atoms with Crippen molar-refractivity contribution in [2.45, 2.75) is 38.4 Å². The van der Waals surface area contributed by atoms with E-state index >= 15 is 0 Å². The molecule has 1 N–H and O–H groups in total. The average molecular weight is 268 g/mol. The molecule has 0 spiro atoms. The summed E-state index contributed by atoms with van der Waals surface area (Å²) in [4.78, 5) is 0. The summed E-state index contributed by atoms with van der Waals surface area (Å²) < 4.78 is 11.5. The summed E-state index contributed by atoms with van der Waals surface area (Å²) in [5.74, 6) is 1.51. The van der Waals surface area contributed by atoms with E-state index in [1.165, 1.54) is 5.56 Å². The van der Waals surface area contributed by atoms with Gasteiger partial charge in [-0.1, -0.05) is 11.6 Å². The van der Waals surface area contributed by atoms with E-state index < -0.39 is 5.79 Å². The highest BCUT2D eigenvalue weighted by molar-refractivity contribution is 6.31. The first-order valence-electron chi connectivity index (χ1n) is 6.47. The number of nitrogens with one attached hydrogen (secondary N) is 1. The van der Waals surface area contributed by atoms with Crippen molar-refractivity contribution < 1.29 is 9.47 Å². The topological polar surface area (TPSA) is 30.5 Å². The Balaban J connectivity index is 1.93. The number of benzene rings is 1. The largest absolute Gasteiger partial charge is 0.449 e. The zero-order chi connectivity index (χ0) is 12.8. The molecule has 0 bridgehead atoms. The highest BCUT2D eigenvalue weighted by atomic mass is 35.5. The molecule has 0 aromatic heterocycles. The minimum atomic E-state index is -0.585. The molecule has 2 aliphatic rings. The van der Waals surface area contributed by atoms with Crippen LogP contribution in [0.5, 0.6) is 11.5 Å². The van der Waals surface area contributed by atoms with Gasteiger partial charge in [-0.25, -0.2) is 0 Å². The number of hydrogen-bond donors (Lipinski definition) is 1. The molecule has 3 nitrogen and oxygen atoms in total. The quantitative estimate of drug-likeness (QED) is 0.847. The Morgan fingerprint density at radius 3 is 2.44 bits per heavy atom. The van der Waals surface area contributed by atoms with Crippen molar-refractivity contribution in [1.82, 2.24) is 5.32 Å². The van der Waals surface area contributed by atoms with Crippen molar-refractivity contribution in [3.8, 4) is 11.5 Å². The molecule has 1 fully saturated rings. The van der Waals surface area contributed by atoms with Gasteiger partial charge in [0.25, 0.3) is 0 Å². The third-order valence-corrected chi connectivity index (χ3v) is 3.88. The van der Waals surface area contributed by atoms with Gasteiger partial charge in [0, 0.05) is 24.9 Å². The van der Waals surface area contributed by atoms with Crippen molar-refractivity contribution in [1.29, 1.82) is 0 Å². The van der Waals surface area contributed by atoms with Crippen LogP contribution in [0.2, 0.25) is 5.02 Å². The number of rotatable bonds is 1. The molecule has 1 saturated heterocycles. The number of hydrogen-bond acceptors (Lipinski definition) is 3. The van der Waals surface area contributed by atoms with E-state index in [-0.39, 0.29) is 0 Å². The van der Waals surface area contributed by atoms with Crippen molar-refractivity contribution in [2.75, 3.05) is 13.1 Å². The van der Waals surface area contributed by atoms with E-state index in [2.05, 4.69) is 11.4 Å². The predicted octanol–water partition coefficient (Wildman–Crippen LogP) is 3.31. The van der Waals surface area contributed by atoms with E-state index in [0.29, 0.717) is 5.92 Å². The fraction of sp³-hybridized carbons (Fsp3) is 0.571. The fourth-order valence-corrected chi connectivity index (χ4v) is 3.01. The molecule has 1 aromatic rings. The van der Waals surface area contributed by atoms with Crippen LogP contribution >= 0.6 is 11.6 Å². The highest BCUT2D eigenvalue weighted by Crippen LogP contribution is 2.45. The molecule has 3 rings (SSSR count). The molecule has 2 aliphatic heterocycles. The first-order valence-corrected chi connectivity index (χ1v) is 6.85. The van der Waals surface area contributed by atoms with Gasteiger partial charge in [0.15, 0.2) is 11.5 Å². The molecule has 0 radical (unpaired) electrons. The normalized spacial score (nSPS) is 22.2. The van der Waals surface area contributed by atoms with Crippen LogP contribution in [0.4, 0.5) is 0 Å². The molecule has 4 heteroatoms. The molecule has 0 atom stereocenters. The molecule has 1 aromatic carbocycles. The summed E-state index contributed by atoms with van der Waals surface area (Å²) in [6.07, 6.45) is 2.26.